The van der Waals surface area contributed by atoms with E-state index in [1.54, 1.807) is 0 Å². The predicted molar refractivity (Wildman–Crippen MR) is 110 cm³/mol. The molecule has 4 aromatic rings. The molecule has 0 heterocycles. The molecule has 0 atom stereocenters. The molecule has 4 aromatic carbocycles. The normalized spacial score (nSPS) is 7.38. The Morgan fingerprint density at radius 3 is 0.462 bits per heavy atom. The smallest absolute Gasteiger partial charge is 0 e. The summed E-state index contributed by atoms with van der Waals surface area (Å²) >= 11 is 0. The van der Waals surface area contributed by atoms with E-state index in [-0.39, 0.29) is 30.6 Å². The fraction of sp³-hybridized carbons (Fsp3) is 0. The van der Waals surface area contributed by atoms with Crippen molar-refractivity contribution < 1.29 is 17.1 Å². The molecule has 0 fully saturated rings. The molecule has 0 bridgehead atoms. The van der Waals surface area contributed by atoms with Gasteiger partial charge in [-0.2, -0.15) is 146 Å². The van der Waals surface area contributed by atoms with E-state index in [0.717, 1.165) is 0 Å². The van der Waals surface area contributed by atoms with Gasteiger partial charge in [0.2, 0.25) is 0 Å². The summed E-state index contributed by atoms with van der Waals surface area (Å²) in [6, 6.07) is 50.0. The molecular weight excluding hydrogens is 384 g/mol. The average molecular weight is 405 g/mol. The molecule has 0 N–H and O–H groups in total. The summed E-state index contributed by atoms with van der Waals surface area (Å²) in [5.41, 5.74) is 0. The van der Waals surface area contributed by atoms with Crippen molar-refractivity contribution in [1.82, 2.24) is 0 Å². The molecule has 26 heavy (non-hydrogen) atoms. The van der Waals surface area contributed by atoms with Crippen molar-refractivity contribution >= 4 is 13.5 Å². The quantitative estimate of drug-likeness (QED) is 0.157. The van der Waals surface area contributed by atoms with Crippen LogP contribution in [0.2, 0.25) is 0 Å². The molecule has 0 spiro atoms. The molecule has 2 heteroatoms. The van der Waals surface area contributed by atoms with Crippen molar-refractivity contribution in [3.63, 3.8) is 0 Å². The Kier molecular flexibility index (Phi) is 22.7. The van der Waals surface area contributed by atoms with Gasteiger partial charge < -0.3 is 13.5 Å². The zero-order valence-electron chi connectivity index (χ0n) is 14.3. The molecule has 0 amide bonds. The summed E-state index contributed by atoms with van der Waals surface area (Å²) in [5, 5.41) is 0. The second-order valence-electron chi connectivity index (χ2n) is 4.31. The minimum atomic E-state index is 0. The summed E-state index contributed by atoms with van der Waals surface area (Å²) in [6.07, 6.45) is 0. The molecule has 0 aliphatic heterocycles. The van der Waals surface area contributed by atoms with Crippen LogP contribution in [0.4, 0.5) is 0 Å². The van der Waals surface area contributed by atoms with Crippen LogP contribution in [0, 0.1) is 24.3 Å². The van der Waals surface area contributed by atoms with Gasteiger partial charge in [0.1, 0.15) is 0 Å². The Balaban J connectivity index is 0. The van der Waals surface area contributed by atoms with E-state index in [0.29, 0.717) is 0 Å². The van der Waals surface area contributed by atoms with Crippen LogP contribution in [0.15, 0.2) is 121 Å². The van der Waals surface area contributed by atoms with Gasteiger partial charge in [0.15, 0.2) is 0 Å². The van der Waals surface area contributed by atoms with Crippen LogP contribution < -0.4 is 0 Å². The minimum absolute atomic E-state index is 0. The van der Waals surface area contributed by atoms with Crippen LogP contribution in [-0.2, 0) is 30.6 Å². The Morgan fingerprint density at radius 2 is 0.423 bits per heavy atom. The molecule has 139 valence electrons. The van der Waals surface area contributed by atoms with E-state index >= 15 is 0 Å². The third-order valence-electron chi connectivity index (χ3n) is 2.43. The second-order valence-corrected chi connectivity index (χ2v) is 4.31. The zero-order chi connectivity index (χ0) is 17.0. The number of hydrogen-bond donors (Lipinski definition) is 0. The molecule has 0 aromatic heterocycles. The maximum Gasteiger partial charge on any atom is 0 e. The van der Waals surface area contributed by atoms with Gasteiger partial charge in [0.05, 0.1) is 0 Å². The molecule has 0 aliphatic carbocycles. The molecule has 0 aliphatic rings. The van der Waals surface area contributed by atoms with E-state index < -0.39 is 0 Å². The van der Waals surface area contributed by atoms with Crippen molar-refractivity contribution in [2.45, 2.75) is 0 Å². The summed E-state index contributed by atoms with van der Waals surface area (Å²) in [7, 11) is 0. The van der Waals surface area contributed by atoms with Gasteiger partial charge in [-0.05, 0) is 0 Å². The van der Waals surface area contributed by atoms with Crippen molar-refractivity contribution in [1.29, 1.82) is 0 Å². The van der Waals surface area contributed by atoms with Gasteiger partial charge in [-0.1, -0.05) is 0 Å². The zero-order valence-corrected chi connectivity index (χ0v) is 16.1. The van der Waals surface area contributed by atoms with Crippen LogP contribution in [-0.4, -0.2) is 0 Å². The van der Waals surface area contributed by atoms with E-state index in [1.165, 1.54) is 0 Å². The standard InChI is InChI=1S/4C6H5.Cu.H2S/c4*1-2-4-6-5-3-1;;/h4*1-5H;;1H2/q4*-1;;/p-1. The van der Waals surface area contributed by atoms with Gasteiger partial charge in [-0.15, -0.1) is 0 Å². The SMILES string of the molecule is [Cu].[SH-].[c-]1ccccc1.[c-]1ccccc1.[c-]1ccccc1.[c-]1ccccc1. The fourth-order valence-electron chi connectivity index (χ4n) is 1.37. The van der Waals surface area contributed by atoms with Crippen LogP contribution in [0.3, 0.4) is 0 Å². The van der Waals surface area contributed by atoms with Gasteiger partial charge in [-0.25, -0.2) is 0 Å². The van der Waals surface area contributed by atoms with Crippen molar-refractivity contribution in [2.75, 3.05) is 0 Å². The summed E-state index contributed by atoms with van der Waals surface area (Å²) in [6.45, 7) is 0. The number of thiol groups is 1. The van der Waals surface area contributed by atoms with Crippen molar-refractivity contribution in [3.05, 3.63) is 146 Å². The van der Waals surface area contributed by atoms with Crippen LogP contribution >= 0.6 is 0 Å². The topological polar surface area (TPSA) is 0 Å². The first-order chi connectivity index (χ1) is 12.0. The number of benzene rings is 4. The molecule has 0 nitrogen and oxygen atoms in total. The van der Waals surface area contributed by atoms with E-state index in [9.17, 15) is 0 Å². The van der Waals surface area contributed by atoms with E-state index in [1.807, 2.05) is 121 Å². The first kappa shape index (κ1) is 26.0. The third-order valence-corrected chi connectivity index (χ3v) is 2.43. The van der Waals surface area contributed by atoms with Crippen LogP contribution in [0.1, 0.15) is 0 Å². The first-order valence-electron chi connectivity index (χ1n) is 7.64. The van der Waals surface area contributed by atoms with Gasteiger partial charge in [-0.3, -0.25) is 0 Å². The third kappa shape index (κ3) is 19.8. The number of rotatable bonds is 0. The van der Waals surface area contributed by atoms with Gasteiger partial charge in [0.25, 0.3) is 0 Å². The Hall–Kier alpha value is -2.25. The first-order valence-corrected chi connectivity index (χ1v) is 7.64. The Morgan fingerprint density at radius 1 is 0.269 bits per heavy atom. The maximum absolute atomic E-state index is 2.89. The molecule has 0 saturated heterocycles. The van der Waals surface area contributed by atoms with E-state index in [2.05, 4.69) is 24.3 Å². The molecule has 4 rings (SSSR count). The summed E-state index contributed by atoms with van der Waals surface area (Å²) in [5.74, 6) is 0. The summed E-state index contributed by atoms with van der Waals surface area (Å²) in [4.78, 5) is 0. The number of hydrogen-bond acceptors (Lipinski definition) is 1. The minimum Gasteiger partial charge on any atom is -0.813 e. The Bertz CT molecular complexity index is 426. The monoisotopic (exact) mass is 404 g/mol. The fourth-order valence-corrected chi connectivity index (χ4v) is 1.37. The van der Waals surface area contributed by atoms with Crippen LogP contribution in [0.25, 0.3) is 0 Å². The van der Waals surface area contributed by atoms with Crippen molar-refractivity contribution in [2.24, 2.45) is 0 Å². The second kappa shape index (κ2) is 22.7. The molecule has 0 saturated carbocycles. The Labute approximate surface area is 175 Å². The van der Waals surface area contributed by atoms with Gasteiger partial charge in [0, 0.05) is 17.1 Å². The largest absolute Gasteiger partial charge is 0.813 e. The molecule has 1 radical (unpaired) electrons. The van der Waals surface area contributed by atoms with Gasteiger partial charge >= 0.3 is 0 Å². The van der Waals surface area contributed by atoms with E-state index in [4.69, 9.17) is 0 Å². The van der Waals surface area contributed by atoms with Crippen molar-refractivity contribution in [3.8, 4) is 0 Å². The average Bonchev–Trinajstić information content (AvgIpc) is 2.75. The molecular formula is C24H21CuS-5. The predicted octanol–water partition coefficient (Wildman–Crippen LogP) is 5.67. The summed E-state index contributed by atoms with van der Waals surface area (Å²) < 4.78 is 0. The van der Waals surface area contributed by atoms with Crippen LogP contribution in [0.5, 0.6) is 0 Å². The molecule has 0 unspecified atom stereocenters. The maximum atomic E-state index is 2.89.